The molecular weight excluding hydrogens is 620 g/mol. The fraction of sp³-hybridized carbons (Fsp3) is 0.919. The molecule has 0 aromatic rings. The van der Waals surface area contributed by atoms with Crippen molar-refractivity contribution in [1.29, 1.82) is 0 Å². The van der Waals surface area contributed by atoms with Crippen molar-refractivity contribution in [3.05, 3.63) is 11.6 Å². The van der Waals surface area contributed by atoms with Gasteiger partial charge in [-0.2, -0.15) is 0 Å². The largest absolute Gasteiger partial charge is 0.457 e. The van der Waals surface area contributed by atoms with Crippen LogP contribution in [-0.4, -0.2) is 104 Å². The number of ether oxygens (including phenoxy) is 4. The smallest absolute Gasteiger partial charge is 0.303 e. The third kappa shape index (κ3) is 4.35. The minimum Gasteiger partial charge on any atom is -0.457 e. The molecule has 0 aromatic carbocycles. The van der Waals surface area contributed by atoms with Crippen molar-refractivity contribution in [3.63, 3.8) is 0 Å². The minimum absolute atomic E-state index is 0.0129. The van der Waals surface area contributed by atoms with Crippen molar-refractivity contribution in [2.24, 2.45) is 44.8 Å². The van der Waals surface area contributed by atoms with E-state index >= 15 is 0 Å². The summed E-state index contributed by atoms with van der Waals surface area (Å²) in [5, 5.41) is 66.9. The fourth-order valence-electron chi connectivity index (χ4n) is 13.0. The van der Waals surface area contributed by atoms with Crippen molar-refractivity contribution in [2.75, 3.05) is 6.61 Å². The van der Waals surface area contributed by atoms with Gasteiger partial charge in [0.25, 0.3) is 0 Å². The highest BCUT2D eigenvalue weighted by atomic mass is 16.7. The molecule has 16 atom stereocenters. The van der Waals surface area contributed by atoms with Crippen LogP contribution in [0.3, 0.4) is 0 Å². The van der Waals surface area contributed by atoms with Crippen LogP contribution in [0.4, 0.5) is 0 Å². The average molecular weight is 679 g/mol. The van der Waals surface area contributed by atoms with E-state index in [2.05, 4.69) is 40.7 Å². The Morgan fingerprint density at radius 3 is 2.40 bits per heavy atom. The van der Waals surface area contributed by atoms with Gasteiger partial charge in [0.15, 0.2) is 18.2 Å². The van der Waals surface area contributed by atoms with Gasteiger partial charge in [-0.3, -0.25) is 4.79 Å². The Morgan fingerprint density at radius 2 is 1.75 bits per heavy atom. The Kier molecular flexibility index (Phi) is 7.86. The van der Waals surface area contributed by atoms with E-state index in [1.165, 1.54) is 12.5 Å². The average Bonchev–Trinajstić information content (AvgIpc) is 3.62. The van der Waals surface area contributed by atoms with Crippen LogP contribution < -0.4 is 0 Å². The number of rotatable bonds is 5. The monoisotopic (exact) mass is 678 g/mol. The molecule has 0 aromatic heterocycles. The molecule has 272 valence electrons. The van der Waals surface area contributed by atoms with Gasteiger partial charge in [0.1, 0.15) is 30.5 Å². The first kappa shape index (κ1) is 35.3. The van der Waals surface area contributed by atoms with E-state index < -0.39 is 71.1 Å². The lowest BCUT2D eigenvalue weighted by Gasteiger charge is -2.60. The fourth-order valence-corrected chi connectivity index (χ4v) is 13.0. The van der Waals surface area contributed by atoms with Crippen LogP contribution >= 0.6 is 0 Å². The maximum Gasteiger partial charge on any atom is 0.303 e. The lowest BCUT2D eigenvalue weighted by molar-refractivity contribution is -0.341. The molecule has 2 aliphatic heterocycles. The third-order valence-corrected chi connectivity index (χ3v) is 15.2. The summed E-state index contributed by atoms with van der Waals surface area (Å²) in [6.45, 7) is 15.2. The number of carbonyl (C=O) groups excluding carboxylic acids is 1. The van der Waals surface area contributed by atoms with Gasteiger partial charge in [0.2, 0.25) is 0 Å². The first-order valence-electron chi connectivity index (χ1n) is 18.1. The maximum absolute atomic E-state index is 12.6. The molecule has 2 spiro atoms. The van der Waals surface area contributed by atoms with Crippen molar-refractivity contribution >= 4 is 5.97 Å². The second kappa shape index (κ2) is 10.7. The molecule has 0 bridgehead atoms. The number of aliphatic hydroxyl groups is 6. The Labute approximate surface area is 284 Å². The molecule has 11 nitrogen and oxygen atoms in total. The second-order valence-electron chi connectivity index (χ2n) is 18.4. The molecule has 0 unspecified atom stereocenters. The van der Waals surface area contributed by atoms with E-state index in [0.29, 0.717) is 6.42 Å². The first-order chi connectivity index (χ1) is 22.1. The molecular formula is C37H58O11. The van der Waals surface area contributed by atoms with E-state index in [4.69, 9.17) is 18.9 Å². The van der Waals surface area contributed by atoms with Crippen molar-refractivity contribution in [1.82, 2.24) is 0 Å². The molecule has 48 heavy (non-hydrogen) atoms. The van der Waals surface area contributed by atoms with Gasteiger partial charge in [0, 0.05) is 18.3 Å². The van der Waals surface area contributed by atoms with Crippen molar-refractivity contribution in [3.8, 4) is 0 Å². The number of esters is 1. The highest BCUT2D eigenvalue weighted by Crippen LogP contribution is 2.88. The zero-order valence-electron chi connectivity index (χ0n) is 29.8. The molecule has 0 amide bonds. The lowest BCUT2D eigenvalue weighted by atomic mass is 9.44. The standard InChI is InChI=1S/C37H58O11/c1-18-15-21(28(32(5,6)43)46-19(2)38)48-37(44)27(18)33(7)13-14-36-17-35(36)12-11-24(47-29-26(41)25(40)20(39)16-45-29)31(3,4)22(35)9-10-23(36)34(33,8)30(37)42/h10,18,20-22,24-30,39-44H,9,11-17H2,1-8H3/t18-,20+,21-,22+,24+,25+,26-,27-,28+,29+,30-,33-,34-,35-,36+,37-/m1/s1. The van der Waals surface area contributed by atoms with Crippen LogP contribution in [0.1, 0.15) is 100 Å². The van der Waals surface area contributed by atoms with Gasteiger partial charge in [-0.1, -0.05) is 46.3 Å². The van der Waals surface area contributed by atoms with E-state index in [0.717, 1.165) is 38.5 Å². The predicted octanol–water partition coefficient (Wildman–Crippen LogP) is 2.57. The van der Waals surface area contributed by atoms with E-state index in [9.17, 15) is 35.4 Å². The molecule has 2 heterocycles. The minimum atomic E-state index is -1.90. The summed E-state index contributed by atoms with van der Waals surface area (Å²) in [4.78, 5) is 12.1. The van der Waals surface area contributed by atoms with Crippen molar-refractivity contribution < 1.29 is 54.4 Å². The summed E-state index contributed by atoms with van der Waals surface area (Å²) in [5.41, 5.74) is -1.83. The second-order valence-corrected chi connectivity index (χ2v) is 18.4. The lowest BCUT2D eigenvalue weighted by Crippen LogP contribution is -2.61. The summed E-state index contributed by atoms with van der Waals surface area (Å²) in [5.74, 6) is -2.63. The van der Waals surface area contributed by atoms with Crippen LogP contribution in [0.15, 0.2) is 11.6 Å². The van der Waals surface area contributed by atoms with Gasteiger partial charge in [-0.05, 0) is 92.3 Å². The summed E-state index contributed by atoms with van der Waals surface area (Å²) in [6.07, 6.45) is -0.0661. The zero-order valence-corrected chi connectivity index (χ0v) is 29.8. The first-order valence-corrected chi connectivity index (χ1v) is 18.1. The molecule has 6 fully saturated rings. The van der Waals surface area contributed by atoms with Gasteiger partial charge in [-0.25, -0.2) is 0 Å². The molecule has 11 heteroatoms. The highest BCUT2D eigenvalue weighted by molar-refractivity contribution is 5.66. The van der Waals surface area contributed by atoms with Crippen LogP contribution in [0.5, 0.6) is 0 Å². The maximum atomic E-state index is 12.6. The van der Waals surface area contributed by atoms with Crippen LogP contribution in [0, 0.1) is 44.8 Å². The topological polar surface area (TPSA) is 175 Å². The Hall–Kier alpha value is -1.15. The number of aliphatic hydroxyl groups excluding tert-OH is 4. The number of fused-ring (bicyclic) bond motifs is 4. The van der Waals surface area contributed by atoms with Crippen LogP contribution in [0.2, 0.25) is 0 Å². The summed E-state index contributed by atoms with van der Waals surface area (Å²) < 4.78 is 24.2. The summed E-state index contributed by atoms with van der Waals surface area (Å²) in [6, 6.07) is 0. The molecule has 4 saturated carbocycles. The Balaban J connectivity index is 1.20. The van der Waals surface area contributed by atoms with E-state index in [-0.39, 0.29) is 46.7 Å². The van der Waals surface area contributed by atoms with E-state index in [1.807, 2.05) is 0 Å². The summed E-state index contributed by atoms with van der Waals surface area (Å²) >= 11 is 0. The molecule has 6 N–H and O–H groups in total. The van der Waals surface area contributed by atoms with Gasteiger partial charge in [0.05, 0.1) is 18.3 Å². The van der Waals surface area contributed by atoms with Crippen LogP contribution in [0.25, 0.3) is 0 Å². The number of carbonyl (C=O) groups is 1. The SMILES string of the molecule is CC(=O)O[C@@H]([C@H]1C[C@@H](C)[C@H]2[C@@](O)(O1)[C@H](O)[C@@]1(C)C3=CC[C@H]4C(C)(C)[C@@H](O[C@@H]5OC[C@H](O)[C@H](O)[C@H]5O)CC[C@@]45C[C@@]35CC[C@]21C)C(C)(C)O. The third-order valence-electron chi connectivity index (χ3n) is 15.2. The Morgan fingerprint density at radius 1 is 1.06 bits per heavy atom. The quantitative estimate of drug-likeness (QED) is 0.186. The van der Waals surface area contributed by atoms with E-state index in [1.54, 1.807) is 13.8 Å². The Bertz CT molecular complexity index is 1360. The zero-order chi connectivity index (χ0) is 35.2. The predicted molar refractivity (Wildman–Crippen MR) is 172 cm³/mol. The van der Waals surface area contributed by atoms with Gasteiger partial charge >= 0.3 is 5.97 Å². The molecule has 7 aliphatic rings. The molecule has 5 aliphatic carbocycles. The number of allylic oxidation sites excluding steroid dienone is 1. The van der Waals surface area contributed by atoms with Gasteiger partial charge < -0.3 is 49.6 Å². The normalized spacial score (nSPS) is 54.4. The van der Waals surface area contributed by atoms with Gasteiger partial charge in [-0.15, -0.1) is 0 Å². The van der Waals surface area contributed by atoms with Crippen molar-refractivity contribution in [2.45, 2.75) is 161 Å². The summed E-state index contributed by atoms with van der Waals surface area (Å²) in [7, 11) is 0. The number of hydrogen-bond acceptors (Lipinski definition) is 11. The molecule has 7 rings (SSSR count). The van der Waals surface area contributed by atoms with Crippen LogP contribution in [-0.2, 0) is 23.7 Å². The molecule has 0 radical (unpaired) electrons. The highest BCUT2D eigenvalue weighted by Gasteiger charge is 2.85. The number of hydrogen-bond donors (Lipinski definition) is 6. The molecule has 2 saturated heterocycles.